The van der Waals surface area contributed by atoms with Gasteiger partial charge in [0.1, 0.15) is 12.4 Å². The number of nitrogens with zero attached hydrogens (tertiary/aromatic N) is 5. The molecule has 1 amide bonds. The van der Waals surface area contributed by atoms with Crippen molar-refractivity contribution in [3.8, 4) is 0 Å². The molecule has 1 saturated heterocycles. The highest BCUT2D eigenvalue weighted by atomic mass is 16.2. The van der Waals surface area contributed by atoms with Gasteiger partial charge in [-0.25, -0.2) is 4.68 Å². The number of aromatic nitrogens is 4. The molecule has 24 heavy (non-hydrogen) atoms. The minimum atomic E-state index is -0.299. The van der Waals surface area contributed by atoms with Crippen LogP contribution in [-0.4, -0.2) is 43.6 Å². The van der Waals surface area contributed by atoms with E-state index in [1.54, 1.807) is 17.1 Å². The summed E-state index contributed by atoms with van der Waals surface area (Å²) in [7, 11) is 0. The van der Waals surface area contributed by atoms with E-state index < -0.39 is 0 Å². The Kier molecular flexibility index (Phi) is 3.76. The number of anilines is 1. The van der Waals surface area contributed by atoms with Crippen LogP contribution >= 0.6 is 0 Å². The molecule has 0 radical (unpaired) electrons. The lowest BCUT2D eigenvalue weighted by atomic mass is 9.95. The second-order valence-electron chi connectivity index (χ2n) is 6.23. The molecule has 4 heterocycles. The Morgan fingerprint density at radius 3 is 2.88 bits per heavy atom. The average Bonchev–Trinajstić information content (AvgIpc) is 3.09. The number of rotatable bonds is 2. The standard InChI is InChI=1S/C17H20N6O/c1-12-14(16(24)22-8-3-2-4-9-22)15(13-6-5-7-18-10-13)23-17(21-12)19-11-20-23/h5-7,10-11,15H,2-4,8-9H2,1H3,(H,19,20,21)/t15-/m1/s1. The van der Waals surface area contributed by atoms with E-state index in [0.717, 1.165) is 42.8 Å². The van der Waals surface area contributed by atoms with Gasteiger partial charge in [-0.05, 0) is 37.8 Å². The third-order valence-electron chi connectivity index (χ3n) is 4.67. The molecule has 7 nitrogen and oxygen atoms in total. The first kappa shape index (κ1) is 14.9. The van der Waals surface area contributed by atoms with Crippen LogP contribution in [0.3, 0.4) is 0 Å². The van der Waals surface area contributed by atoms with E-state index in [1.807, 2.05) is 24.0 Å². The van der Waals surface area contributed by atoms with Gasteiger partial charge in [-0.15, -0.1) is 0 Å². The summed E-state index contributed by atoms with van der Waals surface area (Å²) in [6.07, 6.45) is 8.36. The first-order chi connectivity index (χ1) is 11.8. The molecule has 1 N–H and O–H groups in total. The lowest BCUT2D eigenvalue weighted by molar-refractivity contribution is -0.128. The highest BCUT2D eigenvalue weighted by Gasteiger charge is 2.35. The van der Waals surface area contributed by atoms with Gasteiger partial charge < -0.3 is 10.2 Å². The van der Waals surface area contributed by atoms with Crippen LogP contribution in [0.25, 0.3) is 0 Å². The number of allylic oxidation sites excluding steroid dienone is 1. The van der Waals surface area contributed by atoms with Gasteiger partial charge in [0.25, 0.3) is 5.91 Å². The molecule has 0 aromatic carbocycles. The summed E-state index contributed by atoms with van der Waals surface area (Å²) in [4.78, 5) is 23.6. The molecule has 124 valence electrons. The minimum Gasteiger partial charge on any atom is -0.339 e. The van der Waals surface area contributed by atoms with Crippen LogP contribution in [0.4, 0.5) is 5.95 Å². The normalized spacial score (nSPS) is 20.5. The molecule has 2 aromatic rings. The zero-order chi connectivity index (χ0) is 16.5. The van der Waals surface area contributed by atoms with E-state index in [9.17, 15) is 4.79 Å². The van der Waals surface area contributed by atoms with E-state index in [4.69, 9.17) is 0 Å². The Balaban J connectivity index is 1.78. The van der Waals surface area contributed by atoms with E-state index in [0.29, 0.717) is 5.95 Å². The number of pyridine rings is 1. The van der Waals surface area contributed by atoms with E-state index >= 15 is 0 Å². The van der Waals surface area contributed by atoms with Gasteiger partial charge in [-0.2, -0.15) is 10.1 Å². The van der Waals surface area contributed by atoms with Crippen LogP contribution < -0.4 is 5.32 Å². The SMILES string of the molecule is CC1=C(C(=O)N2CCCCC2)[C@@H](c2cccnc2)n2ncnc2N1. The summed E-state index contributed by atoms with van der Waals surface area (Å²) < 4.78 is 1.77. The van der Waals surface area contributed by atoms with Crippen molar-refractivity contribution < 1.29 is 4.79 Å². The fourth-order valence-electron chi connectivity index (χ4n) is 3.48. The highest BCUT2D eigenvalue weighted by Crippen LogP contribution is 2.35. The lowest BCUT2D eigenvalue weighted by Gasteiger charge is -2.33. The summed E-state index contributed by atoms with van der Waals surface area (Å²) in [6, 6.07) is 3.56. The summed E-state index contributed by atoms with van der Waals surface area (Å²) in [6.45, 7) is 3.57. The Morgan fingerprint density at radius 2 is 2.12 bits per heavy atom. The molecule has 0 unspecified atom stereocenters. The molecule has 7 heteroatoms. The molecule has 4 rings (SSSR count). The monoisotopic (exact) mass is 324 g/mol. The second kappa shape index (κ2) is 6.07. The summed E-state index contributed by atoms with van der Waals surface area (Å²) in [5.74, 6) is 0.728. The number of hydrogen-bond donors (Lipinski definition) is 1. The summed E-state index contributed by atoms with van der Waals surface area (Å²) in [5.41, 5.74) is 2.49. The Labute approximate surface area is 140 Å². The maximum Gasteiger partial charge on any atom is 0.254 e. The third kappa shape index (κ3) is 2.46. The zero-order valence-electron chi connectivity index (χ0n) is 13.6. The molecule has 2 aliphatic rings. The lowest BCUT2D eigenvalue weighted by Crippen LogP contribution is -2.41. The predicted molar refractivity (Wildman–Crippen MR) is 89.2 cm³/mol. The highest BCUT2D eigenvalue weighted by molar-refractivity contribution is 5.96. The van der Waals surface area contributed by atoms with Crippen LogP contribution in [0.5, 0.6) is 0 Å². The van der Waals surface area contributed by atoms with Crippen LogP contribution in [0.15, 0.2) is 42.1 Å². The van der Waals surface area contributed by atoms with Crippen molar-refractivity contribution in [2.24, 2.45) is 0 Å². The van der Waals surface area contributed by atoms with Crippen molar-refractivity contribution in [3.63, 3.8) is 0 Å². The van der Waals surface area contributed by atoms with E-state index in [-0.39, 0.29) is 11.9 Å². The number of carbonyl (C=O) groups excluding carboxylic acids is 1. The van der Waals surface area contributed by atoms with Crippen LogP contribution in [0.1, 0.15) is 37.8 Å². The number of likely N-dealkylation sites (tertiary alicyclic amines) is 1. The Hall–Kier alpha value is -2.70. The Morgan fingerprint density at radius 1 is 1.29 bits per heavy atom. The molecular formula is C17H20N6O. The van der Waals surface area contributed by atoms with Gasteiger partial charge >= 0.3 is 0 Å². The van der Waals surface area contributed by atoms with Gasteiger partial charge in [0.15, 0.2) is 0 Å². The molecular weight excluding hydrogens is 304 g/mol. The smallest absolute Gasteiger partial charge is 0.254 e. The van der Waals surface area contributed by atoms with Crippen molar-refractivity contribution >= 4 is 11.9 Å². The molecule has 0 aliphatic carbocycles. The van der Waals surface area contributed by atoms with Gasteiger partial charge in [-0.3, -0.25) is 9.78 Å². The fraction of sp³-hybridized carbons (Fsp3) is 0.412. The van der Waals surface area contributed by atoms with Crippen LogP contribution in [-0.2, 0) is 4.79 Å². The minimum absolute atomic E-state index is 0.0784. The summed E-state index contributed by atoms with van der Waals surface area (Å²) in [5, 5.41) is 7.55. The van der Waals surface area contributed by atoms with E-state index in [2.05, 4.69) is 20.4 Å². The van der Waals surface area contributed by atoms with Crippen molar-refractivity contribution in [1.82, 2.24) is 24.6 Å². The topological polar surface area (TPSA) is 75.9 Å². The predicted octanol–water partition coefficient (Wildman–Crippen LogP) is 1.97. The van der Waals surface area contributed by atoms with E-state index in [1.165, 1.54) is 12.7 Å². The fourth-order valence-corrected chi connectivity index (χ4v) is 3.48. The third-order valence-corrected chi connectivity index (χ3v) is 4.67. The molecule has 2 aliphatic heterocycles. The van der Waals surface area contributed by atoms with Crippen molar-refractivity contribution in [1.29, 1.82) is 0 Å². The zero-order valence-corrected chi connectivity index (χ0v) is 13.6. The second-order valence-corrected chi connectivity index (χ2v) is 6.23. The molecule has 0 spiro atoms. The molecule has 0 saturated carbocycles. The molecule has 0 bridgehead atoms. The number of piperidine rings is 1. The van der Waals surface area contributed by atoms with Crippen molar-refractivity contribution in [3.05, 3.63) is 47.7 Å². The summed E-state index contributed by atoms with van der Waals surface area (Å²) >= 11 is 0. The van der Waals surface area contributed by atoms with Crippen LogP contribution in [0, 0.1) is 0 Å². The quantitative estimate of drug-likeness (QED) is 0.914. The maximum absolute atomic E-state index is 13.2. The van der Waals surface area contributed by atoms with Crippen molar-refractivity contribution in [2.45, 2.75) is 32.2 Å². The first-order valence-corrected chi connectivity index (χ1v) is 8.32. The number of amides is 1. The van der Waals surface area contributed by atoms with Crippen molar-refractivity contribution in [2.75, 3.05) is 18.4 Å². The maximum atomic E-state index is 13.2. The first-order valence-electron chi connectivity index (χ1n) is 8.32. The van der Waals surface area contributed by atoms with Gasteiger partial charge in [0.05, 0.1) is 5.57 Å². The molecule has 2 aromatic heterocycles. The van der Waals surface area contributed by atoms with Crippen LogP contribution in [0.2, 0.25) is 0 Å². The average molecular weight is 324 g/mol. The van der Waals surface area contributed by atoms with Gasteiger partial charge in [0.2, 0.25) is 5.95 Å². The number of fused-ring (bicyclic) bond motifs is 1. The Bertz CT molecular complexity index is 775. The number of nitrogens with one attached hydrogen (secondary N) is 1. The number of carbonyl (C=O) groups is 1. The van der Waals surface area contributed by atoms with Gasteiger partial charge in [-0.1, -0.05) is 6.07 Å². The molecule has 1 fully saturated rings. The number of hydrogen-bond acceptors (Lipinski definition) is 5. The molecule has 1 atom stereocenters. The largest absolute Gasteiger partial charge is 0.339 e. The van der Waals surface area contributed by atoms with Gasteiger partial charge in [0, 0.05) is 31.2 Å².